The number of nitrogens with two attached hydrogens (primary N) is 1. The van der Waals surface area contributed by atoms with Crippen LogP contribution >= 0.6 is 0 Å². The Morgan fingerprint density at radius 3 is 1.96 bits per heavy atom. The van der Waals surface area contributed by atoms with Gasteiger partial charge < -0.3 is 20.3 Å². The second-order valence-corrected chi connectivity index (χ2v) is 8.18. The van der Waals surface area contributed by atoms with Crippen molar-refractivity contribution in [1.29, 1.82) is 0 Å². The third-order valence-electron chi connectivity index (χ3n) is 4.51. The SMILES string of the molecule is CC(C)C(OC(=O)C(N)C1CCC(C(=O)O)CC1)OC(=O)C(C)(C)C. The Kier molecular flexibility index (Phi) is 7.41. The van der Waals surface area contributed by atoms with Gasteiger partial charge in [0.15, 0.2) is 0 Å². The molecule has 2 atom stereocenters. The molecule has 0 spiro atoms. The van der Waals surface area contributed by atoms with Crippen molar-refractivity contribution in [1.82, 2.24) is 0 Å². The fourth-order valence-corrected chi connectivity index (χ4v) is 2.69. The molecule has 0 aromatic rings. The van der Waals surface area contributed by atoms with E-state index in [0.717, 1.165) is 0 Å². The predicted molar refractivity (Wildman–Crippen MR) is 91.3 cm³/mol. The summed E-state index contributed by atoms with van der Waals surface area (Å²) in [5, 5.41) is 9.03. The Bertz CT molecular complexity index is 488. The molecule has 1 fully saturated rings. The van der Waals surface area contributed by atoms with Gasteiger partial charge in [0.25, 0.3) is 0 Å². The summed E-state index contributed by atoms with van der Waals surface area (Å²) in [6.45, 7) is 8.75. The second-order valence-electron chi connectivity index (χ2n) is 8.18. The molecule has 7 heteroatoms. The van der Waals surface area contributed by atoms with Gasteiger partial charge in [-0.15, -0.1) is 0 Å². The van der Waals surface area contributed by atoms with Crippen LogP contribution in [-0.2, 0) is 23.9 Å². The topological polar surface area (TPSA) is 116 Å². The maximum absolute atomic E-state index is 12.3. The van der Waals surface area contributed by atoms with Gasteiger partial charge in [0.2, 0.25) is 6.29 Å². The van der Waals surface area contributed by atoms with Crippen LogP contribution in [0.5, 0.6) is 0 Å². The number of hydrogen-bond acceptors (Lipinski definition) is 6. The maximum atomic E-state index is 12.3. The van der Waals surface area contributed by atoms with Gasteiger partial charge in [-0.25, -0.2) is 0 Å². The Balaban J connectivity index is 2.62. The molecule has 2 unspecified atom stereocenters. The van der Waals surface area contributed by atoms with Crippen LogP contribution in [0.1, 0.15) is 60.3 Å². The highest BCUT2D eigenvalue weighted by Crippen LogP contribution is 2.31. The number of hydrogen-bond donors (Lipinski definition) is 2. The molecule has 3 N–H and O–H groups in total. The van der Waals surface area contributed by atoms with E-state index >= 15 is 0 Å². The van der Waals surface area contributed by atoms with Gasteiger partial charge in [-0.2, -0.15) is 0 Å². The summed E-state index contributed by atoms with van der Waals surface area (Å²) < 4.78 is 10.7. The summed E-state index contributed by atoms with van der Waals surface area (Å²) in [6, 6.07) is -0.843. The van der Waals surface area contributed by atoms with Crippen LogP contribution in [0.3, 0.4) is 0 Å². The second kappa shape index (κ2) is 8.65. The van der Waals surface area contributed by atoms with Gasteiger partial charge in [-0.1, -0.05) is 13.8 Å². The molecule has 1 aliphatic rings. The van der Waals surface area contributed by atoms with Gasteiger partial charge in [0.05, 0.1) is 11.3 Å². The largest absolute Gasteiger partial charge is 0.481 e. The van der Waals surface area contributed by atoms with Crippen molar-refractivity contribution < 1.29 is 29.0 Å². The van der Waals surface area contributed by atoms with E-state index in [4.69, 9.17) is 20.3 Å². The number of ether oxygens (including phenoxy) is 2. The van der Waals surface area contributed by atoms with E-state index < -0.39 is 35.7 Å². The van der Waals surface area contributed by atoms with Gasteiger partial charge in [-0.3, -0.25) is 14.4 Å². The Morgan fingerprint density at radius 2 is 1.56 bits per heavy atom. The van der Waals surface area contributed by atoms with Crippen molar-refractivity contribution >= 4 is 17.9 Å². The molecule has 1 aliphatic carbocycles. The highest BCUT2D eigenvalue weighted by atomic mass is 16.7. The van der Waals surface area contributed by atoms with Crippen LogP contribution in [0.2, 0.25) is 0 Å². The lowest BCUT2D eigenvalue weighted by Gasteiger charge is -2.31. The van der Waals surface area contributed by atoms with E-state index in [1.165, 1.54) is 0 Å². The predicted octanol–water partition coefficient (Wildman–Crippen LogP) is 2.32. The van der Waals surface area contributed by atoms with Crippen LogP contribution in [-0.4, -0.2) is 35.3 Å². The first-order valence-electron chi connectivity index (χ1n) is 8.83. The van der Waals surface area contributed by atoms with E-state index in [-0.39, 0.29) is 17.8 Å². The van der Waals surface area contributed by atoms with Crippen LogP contribution in [0.25, 0.3) is 0 Å². The molecule has 0 saturated heterocycles. The molecule has 25 heavy (non-hydrogen) atoms. The number of carbonyl (C=O) groups is 3. The molecule has 0 radical (unpaired) electrons. The van der Waals surface area contributed by atoms with Gasteiger partial charge in [-0.05, 0) is 52.4 Å². The van der Waals surface area contributed by atoms with Crippen LogP contribution in [0.4, 0.5) is 0 Å². The highest BCUT2D eigenvalue weighted by molar-refractivity contribution is 5.77. The molecule has 0 aromatic heterocycles. The van der Waals surface area contributed by atoms with Crippen molar-refractivity contribution in [2.24, 2.45) is 28.9 Å². The molecular weight excluding hydrogens is 326 g/mol. The zero-order valence-electron chi connectivity index (χ0n) is 15.8. The monoisotopic (exact) mass is 357 g/mol. The van der Waals surface area contributed by atoms with Crippen molar-refractivity contribution in [2.75, 3.05) is 0 Å². The molecule has 0 aliphatic heterocycles. The van der Waals surface area contributed by atoms with Crippen molar-refractivity contribution in [3.63, 3.8) is 0 Å². The fraction of sp³-hybridized carbons (Fsp3) is 0.833. The molecule has 0 aromatic carbocycles. The number of carboxylic acid groups (broad SMARTS) is 1. The molecule has 144 valence electrons. The number of esters is 2. The van der Waals surface area contributed by atoms with E-state index in [2.05, 4.69) is 0 Å². The fourth-order valence-electron chi connectivity index (χ4n) is 2.69. The first-order chi connectivity index (χ1) is 11.4. The summed E-state index contributed by atoms with van der Waals surface area (Å²) in [7, 11) is 0. The molecule has 0 amide bonds. The average Bonchev–Trinajstić information content (AvgIpc) is 2.52. The smallest absolute Gasteiger partial charge is 0.326 e. The van der Waals surface area contributed by atoms with Crippen molar-refractivity contribution in [3.05, 3.63) is 0 Å². The first kappa shape index (κ1) is 21.4. The molecule has 7 nitrogen and oxygen atoms in total. The van der Waals surface area contributed by atoms with Crippen LogP contribution in [0, 0.1) is 23.2 Å². The number of carbonyl (C=O) groups excluding carboxylic acids is 2. The summed E-state index contributed by atoms with van der Waals surface area (Å²) in [5.74, 6) is -2.55. The zero-order chi connectivity index (χ0) is 19.4. The van der Waals surface area contributed by atoms with E-state index in [9.17, 15) is 14.4 Å². The van der Waals surface area contributed by atoms with Crippen LogP contribution in [0.15, 0.2) is 0 Å². The third kappa shape index (κ3) is 6.30. The minimum Gasteiger partial charge on any atom is -0.481 e. The Hall–Kier alpha value is -1.63. The number of carboxylic acids is 1. The van der Waals surface area contributed by atoms with E-state index in [1.807, 2.05) is 0 Å². The van der Waals surface area contributed by atoms with E-state index in [1.54, 1.807) is 34.6 Å². The maximum Gasteiger partial charge on any atom is 0.326 e. The quantitative estimate of drug-likeness (QED) is 0.553. The normalized spacial score (nSPS) is 23.6. The van der Waals surface area contributed by atoms with Gasteiger partial charge >= 0.3 is 17.9 Å². The lowest BCUT2D eigenvalue weighted by Crippen LogP contribution is -2.44. The molecule has 1 rings (SSSR count). The average molecular weight is 357 g/mol. The summed E-state index contributed by atoms with van der Waals surface area (Å²) in [4.78, 5) is 35.4. The summed E-state index contributed by atoms with van der Waals surface area (Å²) in [5.41, 5.74) is 5.32. The number of aliphatic carboxylic acids is 1. The Labute approximate surface area is 149 Å². The van der Waals surface area contributed by atoms with Gasteiger partial charge in [0.1, 0.15) is 6.04 Å². The summed E-state index contributed by atoms with van der Waals surface area (Å²) >= 11 is 0. The van der Waals surface area contributed by atoms with E-state index in [0.29, 0.717) is 25.7 Å². The minimum absolute atomic E-state index is 0.116. The highest BCUT2D eigenvalue weighted by Gasteiger charge is 2.35. The zero-order valence-corrected chi connectivity index (χ0v) is 15.8. The number of rotatable bonds is 6. The molecule has 1 saturated carbocycles. The lowest BCUT2D eigenvalue weighted by atomic mass is 9.79. The van der Waals surface area contributed by atoms with Crippen molar-refractivity contribution in [2.45, 2.75) is 72.6 Å². The summed E-state index contributed by atoms with van der Waals surface area (Å²) in [6.07, 6.45) is 1.17. The molecule has 0 heterocycles. The van der Waals surface area contributed by atoms with Gasteiger partial charge in [0, 0.05) is 5.92 Å². The third-order valence-corrected chi connectivity index (χ3v) is 4.51. The van der Waals surface area contributed by atoms with Crippen molar-refractivity contribution in [3.8, 4) is 0 Å². The standard InChI is InChI=1S/C18H31NO6/c1-10(2)16(25-17(23)18(3,4)5)24-15(22)13(19)11-6-8-12(9-7-11)14(20)21/h10-13,16H,6-9,19H2,1-5H3,(H,20,21). The minimum atomic E-state index is -0.986. The first-order valence-corrected chi connectivity index (χ1v) is 8.83. The Morgan fingerprint density at radius 1 is 1.04 bits per heavy atom. The molecular formula is C18H31NO6. The molecule has 0 bridgehead atoms. The van der Waals surface area contributed by atoms with Crippen LogP contribution < -0.4 is 5.73 Å². The lowest BCUT2D eigenvalue weighted by molar-refractivity contribution is -0.203.